The van der Waals surface area contributed by atoms with E-state index in [1.807, 2.05) is 0 Å². The van der Waals surface area contributed by atoms with E-state index < -0.39 is 6.10 Å². The Hall–Kier alpha value is -0.810. The molecule has 0 radical (unpaired) electrons. The first-order valence-electron chi connectivity index (χ1n) is 6.22. The first-order chi connectivity index (χ1) is 9.08. The molecule has 0 aromatic heterocycles. The van der Waals surface area contributed by atoms with Crippen molar-refractivity contribution in [2.45, 2.75) is 25.0 Å². The highest BCUT2D eigenvalue weighted by Gasteiger charge is 2.22. The lowest BCUT2D eigenvalue weighted by molar-refractivity contribution is -0.123. The van der Waals surface area contributed by atoms with E-state index in [2.05, 4.69) is 10.6 Å². The molecule has 4 nitrogen and oxygen atoms in total. The summed E-state index contributed by atoms with van der Waals surface area (Å²) in [6.45, 7) is 1.00. The molecule has 1 fully saturated rings. The summed E-state index contributed by atoms with van der Waals surface area (Å²) in [5.74, 6) is -0.0818. The molecule has 1 aliphatic heterocycles. The maximum absolute atomic E-state index is 11.8. The molecule has 1 amide bonds. The van der Waals surface area contributed by atoms with E-state index in [9.17, 15) is 9.90 Å². The smallest absolute Gasteiger partial charge is 0.237 e. The Morgan fingerprint density at radius 2 is 2.32 bits per heavy atom. The van der Waals surface area contributed by atoms with E-state index in [0.29, 0.717) is 15.6 Å². The van der Waals surface area contributed by atoms with Gasteiger partial charge in [0, 0.05) is 22.2 Å². The number of rotatable bonds is 4. The Kier molecular flexibility index (Phi) is 5.05. The molecule has 1 aromatic rings. The number of hydrogen-bond donors (Lipinski definition) is 3. The maximum Gasteiger partial charge on any atom is 0.237 e. The standard InChI is InChI=1S/C13H16Cl2N2O2/c14-8-3-4-9(10(15)6-8)12(18)7-17-13(19)11-2-1-5-16-11/h3-4,6,11-12,16,18H,1-2,5,7H2,(H,17,19)/t11-,12-/m0/s1. The van der Waals surface area contributed by atoms with Gasteiger partial charge in [-0.25, -0.2) is 0 Å². The van der Waals surface area contributed by atoms with Crippen LogP contribution in [0.25, 0.3) is 0 Å². The number of nitrogens with one attached hydrogen (secondary N) is 2. The van der Waals surface area contributed by atoms with Gasteiger partial charge in [-0.15, -0.1) is 0 Å². The van der Waals surface area contributed by atoms with Gasteiger partial charge in [0.25, 0.3) is 0 Å². The van der Waals surface area contributed by atoms with Crippen LogP contribution in [-0.2, 0) is 4.79 Å². The highest BCUT2D eigenvalue weighted by Crippen LogP contribution is 2.25. The highest BCUT2D eigenvalue weighted by molar-refractivity contribution is 6.35. The molecule has 2 atom stereocenters. The fourth-order valence-electron chi connectivity index (χ4n) is 2.11. The second kappa shape index (κ2) is 6.57. The molecule has 2 rings (SSSR count). The zero-order chi connectivity index (χ0) is 13.8. The molecule has 6 heteroatoms. The minimum atomic E-state index is -0.838. The topological polar surface area (TPSA) is 61.4 Å². The van der Waals surface area contributed by atoms with Crippen molar-refractivity contribution >= 4 is 29.1 Å². The number of amides is 1. The van der Waals surface area contributed by atoms with Gasteiger partial charge in [-0.05, 0) is 31.5 Å². The number of aliphatic hydroxyl groups excluding tert-OH is 1. The molecular weight excluding hydrogens is 287 g/mol. The number of benzene rings is 1. The molecule has 1 aliphatic rings. The normalized spacial score (nSPS) is 20.3. The molecule has 1 aromatic carbocycles. The summed E-state index contributed by atoms with van der Waals surface area (Å²) in [4.78, 5) is 11.8. The Bertz CT molecular complexity index is 462. The molecule has 0 unspecified atom stereocenters. The van der Waals surface area contributed by atoms with Crippen molar-refractivity contribution < 1.29 is 9.90 Å². The summed E-state index contributed by atoms with van der Waals surface area (Å²) in [5, 5.41) is 16.8. The lowest BCUT2D eigenvalue weighted by Crippen LogP contribution is -2.41. The lowest BCUT2D eigenvalue weighted by Gasteiger charge is -2.16. The molecule has 0 spiro atoms. The number of carbonyl (C=O) groups is 1. The van der Waals surface area contributed by atoms with E-state index in [0.717, 1.165) is 19.4 Å². The summed E-state index contributed by atoms with van der Waals surface area (Å²) in [6, 6.07) is 4.75. The predicted octanol–water partition coefficient (Wildman–Crippen LogP) is 1.89. The third-order valence-corrected chi connectivity index (χ3v) is 3.73. The molecule has 104 valence electrons. The van der Waals surface area contributed by atoms with Gasteiger partial charge in [0.2, 0.25) is 5.91 Å². The number of halogens is 2. The van der Waals surface area contributed by atoms with Crippen LogP contribution in [0, 0.1) is 0 Å². The third kappa shape index (κ3) is 3.83. The lowest BCUT2D eigenvalue weighted by atomic mass is 10.1. The zero-order valence-corrected chi connectivity index (χ0v) is 11.8. The summed E-state index contributed by atoms with van der Waals surface area (Å²) in [7, 11) is 0. The fraction of sp³-hybridized carbons (Fsp3) is 0.462. The largest absolute Gasteiger partial charge is 0.387 e. The van der Waals surface area contributed by atoms with Crippen LogP contribution in [0.3, 0.4) is 0 Å². The predicted molar refractivity (Wildman–Crippen MR) is 75.5 cm³/mol. The Balaban J connectivity index is 1.89. The summed E-state index contributed by atoms with van der Waals surface area (Å²) in [6.07, 6.45) is 1.00. The summed E-state index contributed by atoms with van der Waals surface area (Å²) in [5.41, 5.74) is 0.561. The molecule has 1 saturated heterocycles. The van der Waals surface area contributed by atoms with Crippen LogP contribution < -0.4 is 10.6 Å². The third-order valence-electron chi connectivity index (χ3n) is 3.17. The fourth-order valence-corrected chi connectivity index (χ4v) is 2.64. The Labute approximate surface area is 122 Å². The quantitative estimate of drug-likeness (QED) is 0.796. The SMILES string of the molecule is O=C(NC[C@H](O)c1ccc(Cl)cc1Cl)[C@@H]1CCCN1. The molecule has 1 heterocycles. The van der Waals surface area contributed by atoms with Gasteiger partial charge in [0.05, 0.1) is 12.1 Å². The van der Waals surface area contributed by atoms with Crippen LogP contribution >= 0.6 is 23.2 Å². The van der Waals surface area contributed by atoms with Gasteiger partial charge in [-0.2, -0.15) is 0 Å². The minimum Gasteiger partial charge on any atom is -0.387 e. The van der Waals surface area contributed by atoms with Gasteiger partial charge in [-0.1, -0.05) is 29.3 Å². The number of aliphatic hydroxyl groups is 1. The van der Waals surface area contributed by atoms with Crippen molar-refractivity contribution in [3.05, 3.63) is 33.8 Å². The molecule has 0 aliphatic carbocycles. The van der Waals surface area contributed by atoms with E-state index >= 15 is 0 Å². The van der Waals surface area contributed by atoms with Crippen molar-refractivity contribution in [2.75, 3.05) is 13.1 Å². The van der Waals surface area contributed by atoms with Crippen LogP contribution in [0.15, 0.2) is 18.2 Å². The number of hydrogen-bond acceptors (Lipinski definition) is 3. The second-order valence-electron chi connectivity index (χ2n) is 4.58. The van der Waals surface area contributed by atoms with Crippen molar-refractivity contribution in [2.24, 2.45) is 0 Å². The Morgan fingerprint density at radius 3 is 2.95 bits per heavy atom. The van der Waals surface area contributed by atoms with Crippen molar-refractivity contribution in [3.8, 4) is 0 Å². The van der Waals surface area contributed by atoms with Gasteiger partial charge in [-0.3, -0.25) is 4.79 Å². The van der Waals surface area contributed by atoms with Crippen LogP contribution in [0.5, 0.6) is 0 Å². The summed E-state index contributed by atoms with van der Waals surface area (Å²) >= 11 is 11.8. The second-order valence-corrected chi connectivity index (χ2v) is 5.42. The maximum atomic E-state index is 11.8. The van der Waals surface area contributed by atoms with Crippen molar-refractivity contribution in [1.29, 1.82) is 0 Å². The van der Waals surface area contributed by atoms with E-state index in [1.165, 1.54) is 0 Å². The monoisotopic (exact) mass is 302 g/mol. The number of carbonyl (C=O) groups excluding carboxylic acids is 1. The first-order valence-corrected chi connectivity index (χ1v) is 6.97. The molecule has 3 N–H and O–H groups in total. The molecule has 0 saturated carbocycles. The van der Waals surface area contributed by atoms with Crippen LogP contribution in [0.4, 0.5) is 0 Å². The van der Waals surface area contributed by atoms with Crippen LogP contribution in [-0.4, -0.2) is 30.1 Å². The van der Waals surface area contributed by atoms with Gasteiger partial charge < -0.3 is 15.7 Å². The van der Waals surface area contributed by atoms with E-state index in [-0.39, 0.29) is 18.5 Å². The average Bonchev–Trinajstić information content (AvgIpc) is 2.89. The summed E-state index contributed by atoms with van der Waals surface area (Å²) < 4.78 is 0. The van der Waals surface area contributed by atoms with Gasteiger partial charge in [0.1, 0.15) is 0 Å². The molecule has 19 heavy (non-hydrogen) atoms. The van der Waals surface area contributed by atoms with E-state index in [1.54, 1.807) is 18.2 Å². The van der Waals surface area contributed by atoms with Crippen molar-refractivity contribution in [1.82, 2.24) is 10.6 Å². The van der Waals surface area contributed by atoms with Crippen LogP contribution in [0.1, 0.15) is 24.5 Å². The van der Waals surface area contributed by atoms with Crippen LogP contribution in [0.2, 0.25) is 10.0 Å². The van der Waals surface area contributed by atoms with Gasteiger partial charge >= 0.3 is 0 Å². The Morgan fingerprint density at radius 1 is 1.53 bits per heavy atom. The first kappa shape index (κ1) is 14.6. The highest BCUT2D eigenvalue weighted by atomic mass is 35.5. The zero-order valence-electron chi connectivity index (χ0n) is 10.3. The average molecular weight is 303 g/mol. The van der Waals surface area contributed by atoms with E-state index in [4.69, 9.17) is 23.2 Å². The van der Waals surface area contributed by atoms with Gasteiger partial charge in [0.15, 0.2) is 0 Å². The molecular formula is C13H16Cl2N2O2. The molecule has 0 bridgehead atoms. The van der Waals surface area contributed by atoms with Crippen molar-refractivity contribution in [3.63, 3.8) is 0 Å². The minimum absolute atomic E-state index is 0.0818.